The van der Waals surface area contributed by atoms with Gasteiger partial charge < -0.3 is 4.74 Å². The van der Waals surface area contributed by atoms with Crippen molar-refractivity contribution in [2.45, 2.75) is 0 Å². The number of hydrogen-bond donors (Lipinski definition) is 0. The highest BCUT2D eigenvalue weighted by Crippen LogP contribution is 2.25. The van der Waals surface area contributed by atoms with Crippen molar-refractivity contribution in [1.29, 1.82) is 0 Å². The highest BCUT2D eigenvalue weighted by atomic mass is 35.5. The van der Waals surface area contributed by atoms with Crippen LogP contribution in [0.15, 0.2) is 48.5 Å². The topological polar surface area (TPSA) is 26.3 Å². The summed E-state index contributed by atoms with van der Waals surface area (Å²) in [5.74, 6) is -1.07. The molecule has 0 amide bonds. The van der Waals surface area contributed by atoms with Crippen LogP contribution in [0.25, 0.3) is 0 Å². The number of halogens is 2. The van der Waals surface area contributed by atoms with Gasteiger partial charge in [-0.25, -0.2) is 9.18 Å². The first kappa shape index (κ1) is 11.6. The van der Waals surface area contributed by atoms with Gasteiger partial charge in [0.25, 0.3) is 0 Å². The minimum absolute atomic E-state index is 0.0144. The molecule has 2 rings (SSSR count). The molecule has 0 spiro atoms. The Morgan fingerprint density at radius 1 is 1.12 bits per heavy atom. The smallest absolute Gasteiger partial charge is 0.343 e. The van der Waals surface area contributed by atoms with Gasteiger partial charge in [0, 0.05) is 6.07 Å². The Labute approximate surface area is 103 Å². The van der Waals surface area contributed by atoms with Gasteiger partial charge in [-0.05, 0) is 24.3 Å². The lowest BCUT2D eigenvalue weighted by atomic mass is 10.2. The molecule has 86 valence electrons. The second-order valence-electron chi connectivity index (χ2n) is 3.33. The molecule has 0 bridgehead atoms. The van der Waals surface area contributed by atoms with E-state index in [1.54, 1.807) is 30.3 Å². The van der Waals surface area contributed by atoms with Crippen molar-refractivity contribution in [2.75, 3.05) is 0 Å². The summed E-state index contributed by atoms with van der Waals surface area (Å²) < 4.78 is 18.0. The van der Waals surface area contributed by atoms with E-state index in [-0.39, 0.29) is 10.8 Å². The van der Waals surface area contributed by atoms with E-state index in [1.807, 2.05) is 0 Å². The number of ether oxygens (including phenoxy) is 1. The average Bonchev–Trinajstić information content (AvgIpc) is 2.35. The van der Waals surface area contributed by atoms with Crippen molar-refractivity contribution in [2.24, 2.45) is 0 Å². The van der Waals surface area contributed by atoms with Gasteiger partial charge in [0.1, 0.15) is 5.82 Å². The van der Waals surface area contributed by atoms with Crippen LogP contribution in [-0.4, -0.2) is 5.97 Å². The molecule has 17 heavy (non-hydrogen) atoms. The molecule has 0 unspecified atom stereocenters. The third-order valence-corrected chi connectivity index (χ3v) is 2.42. The zero-order valence-electron chi connectivity index (χ0n) is 8.69. The molecule has 2 nitrogen and oxygen atoms in total. The summed E-state index contributed by atoms with van der Waals surface area (Å²) in [6.07, 6.45) is 0. The number of carbonyl (C=O) groups is 1. The number of benzene rings is 2. The number of esters is 1. The first-order valence-electron chi connectivity index (χ1n) is 4.89. The summed E-state index contributed by atoms with van der Waals surface area (Å²) >= 11 is 5.78. The van der Waals surface area contributed by atoms with Gasteiger partial charge in [0.05, 0.1) is 10.6 Å². The van der Waals surface area contributed by atoms with Crippen molar-refractivity contribution < 1.29 is 13.9 Å². The normalized spacial score (nSPS) is 10.0. The van der Waals surface area contributed by atoms with Crippen LogP contribution in [0.2, 0.25) is 5.02 Å². The van der Waals surface area contributed by atoms with Crippen LogP contribution in [-0.2, 0) is 0 Å². The van der Waals surface area contributed by atoms with E-state index in [2.05, 4.69) is 0 Å². The van der Waals surface area contributed by atoms with E-state index in [1.165, 1.54) is 12.1 Å². The third kappa shape index (κ3) is 2.82. The van der Waals surface area contributed by atoms with Crippen LogP contribution in [0.4, 0.5) is 4.39 Å². The fourth-order valence-electron chi connectivity index (χ4n) is 1.29. The third-order valence-electron chi connectivity index (χ3n) is 2.11. The Morgan fingerprint density at radius 3 is 2.53 bits per heavy atom. The van der Waals surface area contributed by atoms with Gasteiger partial charge in [0.15, 0.2) is 5.75 Å². The number of rotatable bonds is 2. The quantitative estimate of drug-likeness (QED) is 0.600. The van der Waals surface area contributed by atoms with Crippen LogP contribution in [0.1, 0.15) is 10.4 Å². The Hall–Kier alpha value is -1.87. The molecule has 0 aliphatic rings. The molecule has 4 heteroatoms. The summed E-state index contributed by atoms with van der Waals surface area (Å²) in [6.45, 7) is 0. The van der Waals surface area contributed by atoms with Crippen LogP contribution in [0.3, 0.4) is 0 Å². The number of carbonyl (C=O) groups excluding carboxylic acids is 1. The minimum atomic E-state index is -0.571. The minimum Gasteiger partial charge on any atom is -0.421 e. The van der Waals surface area contributed by atoms with E-state index in [0.29, 0.717) is 5.56 Å². The monoisotopic (exact) mass is 250 g/mol. The molecule has 0 aliphatic carbocycles. The Kier molecular flexibility index (Phi) is 3.40. The van der Waals surface area contributed by atoms with Crippen LogP contribution in [0.5, 0.6) is 5.75 Å². The van der Waals surface area contributed by atoms with E-state index in [0.717, 1.165) is 6.07 Å². The molecule has 0 atom stereocenters. The first-order chi connectivity index (χ1) is 8.16. The average molecular weight is 251 g/mol. The second kappa shape index (κ2) is 4.97. The summed E-state index contributed by atoms with van der Waals surface area (Å²) in [7, 11) is 0. The standard InChI is InChI=1S/C13H8ClFO2/c14-11-7-6-10(15)8-12(11)17-13(16)9-4-2-1-3-5-9/h1-8H. The Balaban J connectivity index is 2.22. The SMILES string of the molecule is O=C(Oc1cc(F)ccc1Cl)c1ccccc1. The predicted molar refractivity (Wildman–Crippen MR) is 62.8 cm³/mol. The molecule has 0 aliphatic heterocycles. The molecular formula is C13H8ClFO2. The summed E-state index contributed by atoms with van der Waals surface area (Å²) in [5, 5.41) is 0.190. The fourth-order valence-corrected chi connectivity index (χ4v) is 1.44. The first-order valence-corrected chi connectivity index (χ1v) is 5.27. The predicted octanol–water partition coefficient (Wildman–Crippen LogP) is 3.70. The maximum absolute atomic E-state index is 13.0. The van der Waals surface area contributed by atoms with Crippen molar-refractivity contribution in [3.8, 4) is 5.75 Å². The lowest BCUT2D eigenvalue weighted by Gasteiger charge is -2.05. The van der Waals surface area contributed by atoms with Crippen LogP contribution in [0, 0.1) is 5.82 Å². The summed E-state index contributed by atoms with van der Waals surface area (Å²) in [6, 6.07) is 12.0. The van der Waals surface area contributed by atoms with Gasteiger partial charge in [-0.2, -0.15) is 0 Å². The van der Waals surface area contributed by atoms with Crippen molar-refractivity contribution in [3.63, 3.8) is 0 Å². The van der Waals surface area contributed by atoms with Crippen LogP contribution < -0.4 is 4.74 Å². The Bertz CT molecular complexity index is 540. The lowest BCUT2D eigenvalue weighted by Crippen LogP contribution is -2.08. The summed E-state index contributed by atoms with van der Waals surface area (Å²) in [5.41, 5.74) is 0.382. The Morgan fingerprint density at radius 2 is 1.82 bits per heavy atom. The van der Waals surface area contributed by atoms with E-state index >= 15 is 0 Å². The van der Waals surface area contributed by atoms with Gasteiger partial charge >= 0.3 is 5.97 Å². The summed E-state index contributed by atoms with van der Waals surface area (Å²) in [4.78, 5) is 11.7. The molecule has 0 heterocycles. The van der Waals surface area contributed by atoms with Crippen LogP contribution >= 0.6 is 11.6 Å². The van der Waals surface area contributed by atoms with Crippen molar-refractivity contribution in [1.82, 2.24) is 0 Å². The van der Waals surface area contributed by atoms with E-state index in [4.69, 9.17) is 16.3 Å². The van der Waals surface area contributed by atoms with Gasteiger partial charge in [-0.15, -0.1) is 0 Å². The molecule has 0 saturated carbocycles. The van der Waals surface area contributed by atoms with Gasteiger partial charge in [0.2, 0.25) is 0 Å². The van der Waals surface area contributed by atoms with E-state index in [9.17, 15) is 9.18 Å². The maximum Gasteiger partial charge on any atom is 0.343 e. The highest BCUT2D eigenvalue weighted by molar-refractivity contribution is 6.32. The second-order valence-corrected chi connectivity index (χ2v) is 3.74. The molecule has 2 aromatic carbocycles. The van der Waals surface area contributed by atoms with Crippen molar-refractivity contribution in [3.05, 3.63) is 64.9 Å². The van der Waals surface area contributed by atoms with Gasteiger partial charge in [-0.3, -0.25) is 0 Å². The number of hydrogen-bond acceptors (Lipinski definition) is 2. The largest absolute Gasteiger partial charge is 0.421 e. The maximum atomic E-state index is 13.0. The highest BCUT2D eigenvalue weighted by Gasteiger charge is 2.11. The molecule has 0 fully saturated rings. The molecule has 2 aromatic rings. The molecule has 0 aromatic heterocycles. The molecule has 0 saturated heterocycles. The zero-order chi connectivity index (χ0) is 12.3. The molecule has 0 N–H and O–H groups in total. The van der Waals surface area contributed by atoms with Gasteiger partial charge in [-0.1, -0.05) is 29.8 Å². The zero-order valence-corrected chi connectivity index (χ0v) is 9.45. The molecule has 0 radical (unpaired) electrons. The van der Waals surface area contributed by atoms with E-state index < -0.39 is 11.8 Å². The lowest BCUT2D eigenvalue weighted by molar-refractivity contribution is 0.0734. The van der Waals surface area contributed by atoms with Crippen molar-refractivity contribution >= 4 is 17.6 Å². The molecular weight excluding hydrogens is 243 g/mol. The fraction of sp³-hybridized carbons (Fsp3) is 0.